The third kappa shape index (κ3) is 3.90. The number of rotatable bonds is 0. The molecule has 8 rings (SSSR count). The van der Waals surface area contributed by atoms with E-state index in [0.29, 0.717) is 21.7 Å². The first kappa shape index (κ1) is 23.2. The van der Waals surface area contributed by atoms with E-state index in [1.807, 2.05) is 0 Å². The second-order valence-electron chi connectivity index (χ2n) is 14.0. The van der Waals surface area contributed by atoms with Gasteiger partial charge in [0.1, 0.15) is 0 Å². The van der Waals surface area contributed by atoms with Crippen molar-refractivity contribution in [2.24, 2.45) is 45.0 Å². The fraction of sp³-hybridized carbons (Fsp3) is 1.00. The highest BCUT2D eigenvalue weighted by molar-refractivity contribution is 5.85. The van der Waals surface area contributed by atoms with Gasteiger partial charge in [-0.25, -0.2) is 0 Å². The molecule has 0 aromatic rings. The van der Waals surface area contributed by atoms with Crippen LogP contribution in [0.4, 0.5) is 0 Å². The topological polar surface area (TPSA) is 52.0 Å². The predicted molar refractivity (Wildman–Crippen MR) is 123 cm³/mol. The summed E-state index contributed by atoms with van der Waals surface area (Å²) in [6, 6.07) is 0. The van der Waals surface area contributed by atoms with E-state index in [1.54, 1.807) is 0 Å². The fourth-order valence-electron chi connectivity index (χ4n) is 11.1. The van der Waals surface area contributed by atoms with Crippen molar-refractivity contribution in [2.75, 3.05) is 0 Å². The summed E-state index contributed by atoms with van der Waals surface area (Å²) >= 11 is 0. The van der Waals surface area contributed by atoms with Gasteiger partial charge < -0.3 is 11.5 Å². The molecule has 8 aliphatic rings. The predicted octanol–water partition coefficient (Wildman–Crippen LogP) is 6.23. The summed E-state index contributed by atoms with van der Waals surface area (Å²) in [4.78, 5) is 0. The van der Waals surface area contributed by atoms with Crippen LogP contribution in [0.2, 0.25) is 0 Å². The average molecular weight is 432 g/mol. The summed E-state index contributed by atoms with van der Waals surface area (Å²) < 4.78 is 0. The van der Waals surface area contributed by atoms with Crippen LogP contribution in [0, 0.1) is 33.5 Å². The molecule has 0 amide bonds. The Bertz CT molecular complexity index is 479. The molecule has 8 aliphatic carbocycles. The van der Waals surface area contributed by atoms with Gasteiger partial charge >= 0.3 is 0 Å². The quantitative estimate of drug-likeness (QED) is 0.478. The maximum atomic E-state index is 6.49. The molecular formula is C24H44Cl2N2. The first-order valence-electron chi connectivity index (χ1n) is 11.4. The van der Waals surface area contributed by atoms with E-state index in [0.717, 1.165) is 11.8 Å². The van der Waals surface area contributed by atoms with Crippen molar-refractivity contribution < 1.29 is 0 Å². The van der Waals surface area contributed by atoms with Crippen LogP contribution in [0.5, 0.6) is 0 Å². The van der Waals surface area contributed by atoms with Crippen molar-refractivity contribution in [2.45, 2.75) is 116 Å². The van der Waals surface area contributed by atoms with Crippen molar-refractivity contribution in [3.63, 3.8) is 0 Å². The number of hydrogen-bond donors (Lipinski definition) is 2. The standard InChI is InChI=1S/2C12H21N.2ClH/c2*1-10-3-9-4-11(2,6-10)8-12(13,5-9)7-10;;/h2*9H,3-8,13H2,1-2H3;2*1H. The van der Waals surface area contributed by atoms with Gasteiger partial charge in [0.05, 0.1) is 0 Å². The molecule has 0 heterocycles. The normalized spacial score (nSPS) is 59.8. The molecular weight excluding hydrogens is 387 g/mol. The third-order valence-corrected chi connectivity index (χ3v) is 9.34. The van der Waals surface area contributed by atoms with Gasteiger partial charge in [0.15, 0.2) is 0 Å². The Morgan fingerprint density at radius 1 is 0.464 bits per heavy atom. The lowest BCUT2D eigenvalue weighted by Gasteiger charge is -2.64. The summed E-state index contributed by atoms with van der Waals surface area (Å²) in [5, 5.41) is 0. The van der Waals surface area contributed by atoms with Gasteiger partial charge in [-0.3, -0.25) is 0 Å². The molecule has 0 spiro atoms. The lowest BCUT2D eigenvalue weighted by molar-refractivity contribution is -0.105. The highest BCUT2D eigenvalue weighted by Gasteiger charge is 2.59. The molecule has 4 unspecified atom stereocenters. The number of hydrogen-bond acceptors (Lipinski definition) is 2. The van der Waals surface area contributed by atoms with E-state index in [-0.39, 0.29) is 35.9 Å². The molecule has 28 heavy (non-hydrogen) atoms. The Balaban J connectivity index is 0.000000150. The van der Waals surface area contributed by atoms with Crippen molar-refractivity contribution in [3.8, 4) is 0 Å². The minimum absolute atomic E-state index is 0. The molecule has 4 heteroatoms. The zero-order chi connectivity index (χ0) is 18.6. The summed E-state index contributed by atoms with van der Waals surface area (Å²) in [6.07, 6.45) is 16.5. The van der Waals surface area contributed by atoms with Crippen LogP contribution in [0.3, 0.4) is 0 Å². The maximum absolute atomic E-state index is 6.49. The molecule has 0 saturated heterocycles. The largest absolute Gasteiger partial charge is 0.325 e. The van der Waals surface area contributed by atoms with Crippen molar-refractivity contribution in [3.05, 3.63) is 0 Å². The zero-order valence-corrected chi connectivity index (χ0v) is 20.2. The van der Waals surface area contributed by atoms with Crippen LogP contribution in [-0.2, 0) is 0 Å². The van der Waals surface area contributed by atoms with Gasteiger partial charge in [-0.1, -0.05) is 27.7 Å². The zero-order valence-electron chi connectivity index (χ0n) is 18.6. The van der Waals surface area contributed by atoms with E-state index in [1.165, 1.54) is 77.0 Å². The molecule has 8 bridgehead atoms. The van der Waals surface area contributed by atoms with E-state index in [2.05, 4.69) is 27.7 Å². The molecule has 2 nitrogen and oxygen atoms in total. The van der Waals surface area contributed by atoms with Gasteiger partial charge in [0, 0.05) is 11.1 Å². The SMILES string of the molecule is CC12CC3CC(C)(C1)CC(N)(C3)C2.CC12CC3CC(C)(C1)CC(N)(C3)C2.Cl.Cl. The van der Waals surface area contributed by atoms with Crippen LogP contribution in [0.25, 0.3) is 0 Å². The van der Waals surface area contributed by atoms with Gasteiger partial charge in [0.2, 0.25) is 0 Å². The maximum Gasteiger partial charge on any atom is 0.0167 e. The molecule has 8 saturated carbocycles. The molecule has 0 aromatic carbocycles. The second kappa shape index (κ2) is 6.50. The summed E-state index contributed by atoms with van der Waals surface area (Å²) in [6.45, 7) is 9.88. The molecule has 4 N–H and O–H groups in total. The Hall–Kier alpha value is 0.500. The lowest BCUT2D eigenvalue weighted by Crippen LogP contribution is -2.62. The van der Waals surface area contributed by atoms with Crippen molar-refractivity contribution in [1.29, 1.82) is 0 Å². The monoisotopic (exact) mass is 430 g/mol. The average Bonchev–Trinajstić information content (AvgIpc) is 2.25. The second-order valence-corrected chi connectivity index (χ2v) is 14.0. The van der Waals surface area contributed by atoms with E-state index < -0.39 is 0 Å². The minimum atomic E-state index is 0. The minimum Gasteiger partial charge on any atom is -0.325 e. The fourth-order valence-corrected chi connectivity index (χ4v) is 11.1. The van der Waals surface area contributed by atoms with Crippen LogP contribution in [0.1, 0.15) is 105 Å². The van der Waals surface area contributed by atoms with E-state index >= 15 is 0 Å². The molecule has 4 atom stereocenters. The van der Waals surface area contributed by atoms with E-state index in [4.69, 9.17) is 11.5 Å². The highest BCUT2D eigenvalue weighted by Crippen LogP contribution is 2.66. The van der Waals surface area contributed by atoms with Crippen LogP contribution in [-0.4, -0.2) is 11.1 Å². The Kier molecular flexibility index (Phi) is 5.38. The van der Waals surface area contributed by atoms with Crippen LogP contribution >= 0.6 is 24.8 Å². The lowest BCUT2D eigenvalue weighted by atomic mass is 9.43. The summed E-state index contributed by atoms with van der Waals surface area (Å²) in [5.74, 6) is 1.91. The molecule has 164 valence electrons. The van der Waals surface area contributed by atoms with Crippen LogP contribution < -0.4 is 11.5 Å². The van der Waals surface area contributed by atoms with Crippen LogP contribution in [0.15, 0.2) is 0 Å². The van der Waals surface area contributed by atoms with Gasteiger partial charge in [-0.05, 0) is 111 Å². The van der Waals surface area contributed by atoms with Gasteiger partial charge in [-0.15, -0.1) is 24.8 Å². The Morgan fingerprint density at radius 2 is 0.714 bits per heavy atom. The first-order valence-corrected chi connectivity index (χ1v) is 11.4. The molecule has 0 aliphatic heterocycles. The Morgan fingerprint density at radius 3 is 0.893 bits per heavy atom. The number of nitrogens with two attached hydrogens (primary N) is 2. The molecule has 0 aromatic heterocycles. The van der Waals surface area contributed by atoms with Crippen molar-refractivity contribution >= 4 is 24.8 Å². The summed E-state index contributed by atoms with van der Waals surface area (Å²) in [5.41, 5.74) is 15.8. The smallest absolute Gasteiger partial charge is 0.0167 e. The summed E-state index contributed by atoms with van der Waals surface area (Å²) in [7, 11) is 0. The van der Waals surface area contributed by atoms with Gasteiger partial charge in [-0.2, -0.15) is 0 Å². The Labute approximate surface area is 185 Å². The third-order valence-electron chi connectivity index (χ3n) is 9.34. The first-order chi connectivity index (χ1) is 11.8. The van der Waals surface area contributed by atoms with E-state index in [9.17, 15) is 0 Å². The van der Waals surface area contributed by atoms with Gasteiger partial charge in [0.25, 0.3) is 0 Å². The molecule has 8 fully saturated rings. The van der Waals surface area contributed by atoms with Crippen molar-refractivity contribution in [1.82, 2.24) is 0 Å². The molecule has 0 radical (unpaired) electrons. The highest BCUT2D eigenvalue weighted by atomic mass is 35.5. The number of halogens is 2.